The van der Waals surface area contributed by atoms with Gasteiger partial charge >= 0.3 is 0 Å². The zero-order valence-electron chi connectivity index (χ0n) is 14.7. The van der Waals surface area contributed by atoms with Crippen LogP contribution in [-0.2, 0) is 6.54 Å². The second kappa shape index (κ2) is 9.44. The number of rotatable bonds is 8. The van der Waals surface area contributed by atoms with E-state index in [2.05, 4.69) is 34.5 Å². The van der Waals surface area contributed by atoms with E-state index < -0.39 is 0 Å². The van der Waals surface area contributed by atoms with Crippen LogP contribution in [0.2, 0.25) is 0 Å². The Balaban J connectivity index is 1.47. The van der Waals surface area contributed by atoms with Crippen LogP contribution < -0.4 is 10.1 Å². The van der Waals surface area contributed by atoms with Gasteiger partial charge in [0.05, 0.1) is 0 Å². The van der Waals surface area contributed by atoms with E-state index in [0.29, 0.717) is 19.1 Å². The number of piperidine rings is 1. The van der Waals surface area contributed by atoms with E-state index in [1.807, 2.05) is 30.3 Å². The molecule has 0 radical (unpaired) electrons. The number of nitrogens with zero attached hydrogens (tertiary/aromatic N) is 1. The third-order valence-electron chi connectivity index (χ3n) is 4.81. The first kappa shape index (κ1) is 17.8. The number of aliphatic hydroxyl groups is 1. The van der Waals surface area contributed by atoms with Gasteiger partial charge in [-0.05, 0) is 55.6 Å². The van der Waals surface area contributed by atoms with Gasteiger partial charge in [-0.1, -0.05) is 36.4 Å². The lowest BCUT2D eigenvalue weighted by atomic mass is 9.97. The van der Waals surface area contributed by atoms with Crippen LogP contribution in [0.4, 0.5) is 5.69 Å². The molecule has 2 N–H and O–H groups in total. The first-order valence-electron chi connectivity index (χ1n) is 9.18. The van der Waals surface area contributed by atoms with Gasteiger partial charge in [-0.25, -0.2) is 0 Å². The van der Waals surface area contributed by atoms with Crippen LogP contribution in [0, 0.1) is 5.92 Å². The highest BCUT2D eigenvalue weighted by Crippen LogP contribution is 2.22. The van der Waals surface area contributed by atoms with Crippen LogP contribution in [0.3, 0.4) is 0 Å². The summed E-state index contributed by atoms with van der Waals surface area (Å²) in [7, 11) is 0. The van der Waals surface area contributed by atoms with Gasteiger partial charge in [-0.3, -0.25) is 4.90 Å². The van der Waals surface area contributed by atoms with Crippen molar-refractivity contribution in [3.63, 3.8) is 0 Å². The molecular formula is C21H28N2O2. The number of ether oxygens (including phenoxy) is 1. The second-order valence-corrected chi connectivity index (χ2v) is 6.65. The summed E-state index contributed by atoms with van der Waals surface area (Å²) in [6.07, 6.45) is 2.19. The Kier molecular flexibility index (Phi) is 6.71. The average Bonchev–Trinajstić information content (AvgIpc) is 2.68. The van der Waals surface area contributed by atoms with Crippen LogP contribution in [-0.4, -0.2) is 42.9 Å². The molecule has 4 heteroatoms. The van der Waals surface area contributed by atoms with Crippen molar-refractivity contribution >= 4 is 5.69 Å². The van der Waals surface area contributed by atoms with Gasteiger partial charge in [0, 0.05) is 25.4 Å². The molecule has 0 amide bonds. The van der Waals surface area contributed by atoms with E-state index >= 15 is 0 Å². The molecule has 1 saturated heterocycles. The summed E-state index contributed by atoms with van der Waals surface area (Å²) in [6.45, 7) is 4.83. The molecule has 3 rings (SSSR count). The van der Waals surface area contributed by atoms with Crippen molar-refractivity contribution in [2.24, 2.45) is 5.92 Å². The molecule has 0 aliphatic carbocycles. The summed E-state index contributed by atoms with van der Waals surface area (Å²) in [6, 6.07) is 18.4. The Morgan fingerprint density at radius 3 is 2.48 bits per heavy atom. The van der Waals surface area contributed by atoms with E-state index in [1.165, 1.54) is 11.3 Å². The molecular weight excluding hydrogens is 312 g/mol. The van der Waals surface area contributed by atoms with Gasteiger partial charge in [-0.15, -0.1) is 0 Å². The van der Waals surface area contributed by atoms with Gasteiger partial charge < -0.3 is 15.2 Å². The Bertz CT molecular complexity index is 625. The summed E-state index contributed by atoms with van der Waals surface area (Å²) >= 11 is 0. The number of aliphatic hydroxyl groups excluding tert-OH is 1. The Morgan fingerprint density at radius 1 is 1.00 bits per heavy atom. The molecule has 0 spiro atoms. The highest BCUT2D eigenvalue weighted by molar-refractivity contribution is 5.51. The largest absolute Gasteiger partial charge is 0.492 e. The zero-order valence-corrected chi connectivity index (χ0v) is 14.7. The Morgan fingerprint density at radius 2 is 1.72 bits per heavy atom. The number of benzene rings is 2. The SMILES string of the molecule is OCC1CCN(Cc2ccccc2NCCOc2ccccc2)CC1. The van der Waals surface area contributed by atoms with Gasteiger partial charge in [0.2, 0.25) is 0 Å². The lowest BCUT2D eigenvalue weighted by molar-refractivity contribution is 0.127. The minimum absolute atomic E-state index is 0.327. The fourth-order valence-corrected chi connectivity index (χ4v) is 3.27. The molecule has 0 aromatic heterocycles. The molecule has 0 bridgehead atoms. The zero-order chi connectivity index (χ0) is 17.3. The van der Waals surface area contributed by atoms with Crippen molar-refractivity contribution in [3.05, 3.63) is 60.2 Å². The number of anilines is 1. The van der Waals surface area contributed by atoms with Crippen LogP contribution in [0.15, 0.2) is 54.6 Å². The number of hydrogen-bond donors (Lipinski definition) is 2. The fourth-order valence-electron chi connectivity index (χ4n) is 3.27. The van der Waals surface area contributed by atoms with E-state index in [0.717, 1.165) is 44.8 Å². The van der Waals surface area contributed by atoms with Crippen LogP contribution in [0.25, 0.3) is 0 Å². The Labute approximate surface area is 150 Å². The lowest BCUT2D eigenvalue weighted by Crippen LogP contribution is -2.34. The van der Waals surface area contributed by atoms with Crippen molar-refractivity contribution in [3.8, 4) is 5.75 Å². The number of para-hydroxylation sites is 2. The van der Waals surface area contributed by atoms with E-state index in [4.69, 9.17) is 4.74 Å². The smallest absolute Gasteiger partial charge is 0.119 e. The van der Waals surface area contributed by atoms with Crippen molar-refractivity contribution in [2.75, 3.05) is 38.2 Å². The van der Waals surface area contributed by atoms with Crippen molar-refractivity contribution in [1.82, 2.24) is 4.90 Å². The van der Waals surface area contributed by atoms with Gasteiger partial charge in [0.25, 0.3) is 0 Å². The second-order valence-electron chi connectivity index (χ2n) is 6.65. The predicted molar refractivity (Wildman–Crippen MR) is 102 cm³/mol. The van der Waals surface area contributed by atoms with Gasteiger partial charge in [0.15, 0.2) is 0 Å². The van der Waals surface area contributed by atoms with Crippen LogP contribution >= 0.6 is 0 Å². The molecule has 1 aliphatic heterocycles. The van der Waals surface area contributed by atoms with E-state index in [-0.39, 0.29) is 0 Å². The van der Waals surface area contributed by atoms with Crippen molar-refractivity contribution in [1.29, 1.82) is 0 Å². The normalized spacial score (nSPS) is 15.9. The fraction of sp³-hybridized carbons (Fsp3) is 0.429. The molecule has 1 aliphatic rings. The summed E-state index contributed by atoms with van der Waals surface area (Å²) in [5, 5.41) is 12.8. The van der Waals surface area contributed by atoms with Gasteiger partial charge in [-0.2, -0.15) is 0 Å². The molecule has 1 fully saturated rings. The van der Waals surface area contributed by atoms with Crippen LogP contribution in [0.1, 0.15) is 18.4 Å². The third kappa shape index (κ3) is 5.48. The molecule has 134 valence electrons. The molecule has 2 aromatic carbocycles. The maximum Gasteiger partial charge on any atom is 0.119 e. The first-order valence-corrected chi connectivity index (χ1v) is 9.18. The lowest BCUT2D eigenvalue weighted by Gasteiger charge is -2.31. The third-order valence-corrected chi connectivity index (χ3v) is 4.81. The summed E-state index contributed by atoms with van der Waals surface area (Å²) in [5.41, 5.74) is 2.51. The first-order chi connectivity index (χ1) is 12.3. The highest BCUT2D eigenvalue weighted by atomic mass is 16.5. The molecule has 0 atom stereocenters. The average molecular weight is 340 g/mol. The standard InChI is InChI=1S/C21H28N2O2/c24-17-18-10-13-23(14-11-18)16-19-6-4-5-9-21(19)22-12-15-25-20-7-2-1-3-8-20/h1-9,18,22,24H,10-17H2. The summed E-state index contributed by atoms with van der Waals surface area (Å²) in [5.74, 6) is 1.39. The quantitative estimate of drug-likeness (QED) is 0.723. The maximum absolute atomic E-state index is 9.27. The summed E-state index contributed by atoms with van der Waals surface area (Å²) < 4.78 is 5.75. The number of likely N-dealkylation sites (tertiary alicyclic amines) is 1. The number of hydrogen-bond acceptors (Lipinski definition) is 4. The minimum Gasteiger partial charge on any atom is -0.492 e. The molecule has 4 nitrogen and oxygen atoms in total. The van der Waals surface area contributed by atoms with Crippen molar-refractivity contribution in [2.45, 2.75) is 19.4 Å². The molecule has 1 heterocycles. The minimum atomic E-state index is 0.327. The topological polar surface area (TPSA) is 44.7 Å². The molecule has 0 unspecified atom stereocenters. The van der Waals surface area contributed by atoms with Crippen LogP contribution in [0.5, 0.6) is 5.75 Å². The van der Waals surface area contributed by atoms with E-state index in [1.54, 1.807) is 0 Å². The highest BCUT2D eigenvalue weighted by Gasteiger charge is 2.19. The van der Waals surface area contributed by atoms with Crippen molar-refractivity contribution < 1.29 is 9.84 Å². The van der Waals surface area contributed by atoms with Gasteiger partial charge in [0.1, 0.15) is 12.4 Å². The monoisotopic (exact) mass is 340 g/mol. The molecule has 2 aromatic rings. The predicted octanol–water partition coefficient (Wildman–Crippen LogP) is 3.38. The van der Waals surface area contributed by atoms with E-state index in [9.17, 15) is 5.11 Å². The summed E-state index contributed by atoms with van der Waals surface area (Å²) in [4.78, 5) is 2.48. The number of nitrogens with one attached hydrogen (secondary N) is 1. The Hall–Kier alpha value is -2.04. The molecule has 0 saturated carbocycles. The maximum atomic E-state index is 9.27. The molecule has 25 heavy (non-hydrogen) atoms.